The van der Waals surface area contributed by atoms with E-state index in [0.29, 0.717) is 36.9 Å². The molecule has 0 atom stereocenters. The van der Waals surface area contributed by atoms with Crippen LogP contribution in [0.5, 0.6) is 5.75 Å². The van der Waals surface area contributed by atoms with Crippen LogP contribution < -0.4 is 10.1 Å². The molecule has 8 heteroatoms. The van der Waals surface area contributed by atoms with E-state index in [1.807, 2.05) is 24.3 Å². The fourth-order valence-corrected chi connectivity index (χ4v) is 3.19. The molecule has 0 unspecified atom stereocenters. The van der Waals surface area contributed by atoms with E-state index in [2.05, 4.69) is 34.2 Å². The molecule has 2 aromatic carbocycles. The van der Waals surface area contributed by atoms with Gasteiger partial charge in [-0.3, -0.25) is 4.79 Å². The largest absolute Gasteiger partial charge is 0.492 e. The quantitative estimate of drug-likeness (QED) is 0.461. The highest BCUT2D eigenvalue weighted by atomic mass is 19.1. The van der Waals surface area contributed by atoms with Crippen molar-refractivity contribution < 1.29 is 18.4 Å². The first-order valence-electron chi connectivity index (χ1n) is 10.9. The second-order valence-corrected chi connectivity index (χ2v) is 7.28. The van der Waals surface area contributed by atoms with Crippen molar-refractivity contribution in [2.24, 2.45) is 0 Å². The molecule has 0 aliphatic rings. The van der Waals surface area contributed by atoms with Crippen molar-refractivity contribution in [1.29, 1.82) is 0 Å². The highest BCUT2D eigenvalue weighted by Crippen LogP contribution is 2.18. The smallest absolute Gasteiger partial charge is 0.227 e. The molecule has 0 bridgehead atoms. The number of carbonyl (C=O) groups excluding carboxylic acids is 1. The van der Waals surface area contributed by atoms with Crippen molar-refractivity contribution in [3.05, 3.63) is 65.8 Å². The van der Waals surface area contributed by atoms with E-state index < -0.39 is 0 Å². The minimum atomic E-state index is -0.329. The fraction of sp³-hybridized carbons (Fsp3) is 0.375. The van der Waals surface area contributed by atoms with Gasteiger partial charge in [-0.25, -0.2) is 4.39 Å². The van der Waals surface area contributed by atoms with Gasteiger partial charge >= 0.3 is 0 Å². The number of aromatic nitrogens is 2. The van der Waals surface area contributed by atoms with Gasteiger partial charge in [0, 0.05) is 37.1 Å². The summed E-state index contributed by atoms with van der Waals surface area (Å²) in [6.07, 6.45) is 0.540. The van der Waals surface area contributed by atoms with Crippen LogP contribution in [0, 0.1) is 5.82 Å². The molecule has 0 saturated heterocycles. The van der Waals surface area contributed by atoms with E-state index in [1.165, 1.54) is 12.1 Å². The van der Waals surface area contributed by atoms with Crippen molar-refractivity contribution in [2.75, 3.05) is 26.2 Å². The number of likely N-dealkylation sites (N-methyl/N-ethyl adjacent to an activating group) is 1. The number of carbonyl (C=O) groups is 1. The molecule has 3 aromatic rings. The number of aryl methyl sites for hydroxylation is 1. The van der Waals surface area contributed by atoms with Crippen LogP contribution in [0.15, 0.2) is 53.1 Å². The average molecular weight is 441 g/mol. The first-order valence-corrected chi connectivity index (χ1v) is 10.9. The Morgan fingerprint density at radius 3 is 2.62 bits per heavy atom. The summed E-state index contributed by atoms with van der Waals surface area (Å²) in [5, 5.41) is 6.81. The number of nitrogens with zero attached hydrogens (tertiary/aromatic N) is 3. The molecule has 0 radical (unpaired) electrons. The third-order valence-corrected chi connectivity index (χ3v) is 5.14. The van der Waals surface area contributed by atoms with Gasteiger partial charge in [-0.1, -0.05) is 37.2 Å². The van der Waals surface area contributed by atoms with Gasteiger partial charge in [-0.15, -0.1) is 0 Å². The summed E-state index contributed by atoms with van der Waals surface area (Å²) in [4.78, 5) is 18.9. The molecule has 1 N–H and O–H groups in total. The molecule has 1 aromatic heterocycles. The average Bonchev–Trinajstić information content (AvgIpc) is 3.29. The lowest BCUT2D eigenvalue weighted by molar-refractivity contribution is -0.121. The monoisotopic (exact) mass is 440 g/mol. The predicted octanol–water partition coefficient (Wildman–Crippen LogP) is 3.85. The first-order chi connectivity index (χ1) is 15.6. The van der Waals surface area contributed by atoms with E-state index in [1.54, 1.807) is 12.1 Å². The van der Waals surface area contributed by atoms with E-state index in [9.17, 15) is 9.18 Å². The highest BCUT2D eigenvalue weighted by molar-refractivity contribution is 5.76. The second kappa shape index (κ2) is 12.0. The maximum atomic E-state index is 13.0. The molecule has 1 amide bonds. The molecule has 0 aliphatic carbocycles. The lowest BCUT2D eigenvalue weighted by Gasteiger charge is -2.19. The molecular weight excluding hydrogens is 411 g/mol. The first kappa shape index (κ1) is 23.4. The Kier molecular flexibility index (Phi) is 8.74. The number of amides is 1. The fourth-order valence-electron chi connectivity index (χ4n) is 3.19. The third-order valence-electron chi connectivity index (χ3n) is 5.14. The zero-order chi connectivity index (χ0) is 22.8. The zero-order valence-electron chi connectivity index (χ0n) is 18.5. The van der Waals surface area contributed by atoms with Crippen LogP contribution in [-0.4, -0.2) is 47.2 Å². The van der Waals surface area contributed by atoms with Gasteiger partial charge in [0.15, 0.2) is 0 Å². The molecule has 7 nitrogen and oxygen atoms in total. The van der Waals surface area contributed by atoms with Crippen LogP contribution in [0.2, 0.25) is 0 Å². The molecule has 32 heavy (non-hydrogen) atoms. The van der Waals surface area contributed by atoms with Gasteiger partial charge in [-0.2, -0.15) is 4.98 Å². The molecule has 1 heterocycles. The maximum absolute atomic E-state index is 13.0. The van der Waals surface area contributed by atoms with Crippen molar-refractivity contribution in [1.82, 2.24) is 20.4 Å². The summed E-state index contributed by atoms with van der Waals surface area (Å²) >= 11 is 0. The van der Waals surface area contributed by atoms with Crippen LogP contribution in [0.4, 0.5) is 4.39 Å². The molecule has 3 rings (SSSR count). The summed E-state index contributed by atoms with van der Waals surface area (Å²) in [5.41, 5.74) is 1.58. The van der Waals surface area contributed by atoms with Crippen LogP contribution in [-0.2, 0) is 17.8 Å². The third kappa shape index (κ3) is 6.88. The number of ether oxygens (including phenoxy) is 1. The van der Waals surface area contributed by atoms with Crippen molar-refractivity contribution >= 4 is 5.91 Å². The number of benzene rings is 2. The molecule has 0 fully saturated rings. The molecule has 170 valence electrons. The SMILES string of the molecule is CCN(CC)CCOc1ccccc1CNC(=O)CCc1nc(-c2ccc(F)cc2)no1. The van der Waals surface area contributed by atoms with Crippen LogP contribution in [0.25, 0.3) is 11.4 Å². The number of para-hydroxylation sites is 1. The van der Waals surface area contributed by atoms with Crippen molar-refractivity contribution in [2.45, 2.75) is 33.2 Å². The predicted molar refractivity (Wildman–Crippen MR) is 120 cm³/mol. The summed E-state index contributed by atoms with van der Waals surface area (Å²) in [6, 6.07) is 13.5. The summed E-state index contributed by atoms with van der Waals surface area (Å²) < 4.78 is 24.2. The molecule has 0 saturated carbocycles. The Morgan fingerprint density at radius 2 is 1.88 bits per heavy atom. The number of halogens is 1. The molecule has 0 spiro atoms. The topological polar surface area (TPSA) is 80.5 Å². The van der Waals surface area contributed by atoms with E-state index in [-0.39, 0.29) is 18.1 Å². The normalized spacial score (nSPS) is 11.0. The van der Waals surface area contributed by atoms with E-state index in [0.717, 1.165) is 30.9 Å². The van der Waals surface area contributed by atoms with Crippen molar-refractivity contribution in [3.63, 3.8) is 0 Å². The maximum Gasteiger partial charge on any atom is 0.227 e. The Bertz CT molecular complexity index is 987. The van der Waals surface area contributed by atoms with Gasteiger partial charge in [0.2, 0.25) is 17.6 Å². The van der Waals surface area contributed by atoms with Gasteiger partial charge in [0.1, 0.15) is 18.2 Å². The van der Waals surface area contributed by atoms with E-state index >= 15 is 0 Å². The Morgan fingerprint density at radius 1 is 1.12 bits per heavy atom. The zero-order valence-corrected chi connectivity index (χ0v) is 18.5. The number of nitrogens with one attached hydrogen (secondary N) is 1. The van der Waals surface area contributed by atoms with Gasteiger partial charge in [-0.05, 0) is 43.4 Å². The van der Waals surface area contributed by atoms with Gasteiger partial charge in [0.25, 0.3) is 0 Å². The Hall–Kier alpha value is -3.26. The summed E-state index contributed by atoms with van der Waals surface area (Å²) in [5.74, 6) is 1.06. The number of hydrogen-bond acceptors (Lipinski definition) is 6. The Labute approximate surface area is 187 Å². The van der Waals surface area contributed by atoms with E-state index in [4.69, 9.17) is 9.26 Å². The molecule has 0 aliphatic heterocycles. The lowest BCUT2D eigenvalue weighted by Crippen LogP contribution is -2.28. The molecular formula is C24H29FN4O3. The van der Waals surface area contributed by atoms with Crippen LogP contribution in [0.1, 0.15) is 31.7 Å². The van der Waals surface area contributed by atoms with Crippen LogP contribution >= 0.6 is 0 Å². The lowest BCUT2D eigenvalue weighted by atomic mass is 10.2. The van der Waals surface area contributed by atoms with Gasteiger partial charge in [0.05, 0.1) is 0 Å². The second-order valence-electron chi connectivity index (χ2n) is 7.28. The number of rotatable bonds is 12. The highest BCUT2D eigenvalue weighted by Gasteiger charge is 2.12. The van der Waals surface area contributed by atoms with Gasteiger partial charge < -0.3 is 19.5 Å². The standard InChI is InChI=1S/C24H29FN4O3/c1-3-29(4-2)15-16-31-21-8-6-5-7-19(21)17-26-22(30)13-14-23-27-24(28-32-23)18-9-11-20(25)12-10-18/h5-12H,3-4,13-17H2,1-2H3,(H,26,30). The minimum absolute atomic E-state index is 0.121. The van der Waals surface area contributed by atoms with Crippen molar-refractivity contribution in [3.8, 4) is 17.1 Å². The summed E-state index contributed by atoms with van der Waals surface area (Å²) in [6.45, 7) is 8.07. The van der Waals surface area contributed by atoms with Crippen LogP contribution in [0.3, 0.4) is 0 Å². The minimum Gasteiger partial charge on any atom is -0.492 e. The Balaban J connectivity index is 1.46. The summed E-state index contributed by atoms with van der Waals surface area (Å²) in [7, 11) is 0. The number of hydrogen-bond donors (Lipinski definition) is 1.